The van der Waals surface area contributed by atoms with Crippen molar-refractivity contribution < 1.29 is 0 Å². The fourth-order valence-corrected chi connectivity index (χ4v) is 13.7. The van der Waals surface area contributed by atoms with Gasteiger partial charge in [-0.1, -0.05) is 133 Å². The highest BCUT2D eigenvalue weighted by Gasteiger charge is 2.24. The quantitative estimate of drug-likeness (QED) is 0.162. The molecule has 4 aromatic heterocycles. The monoisotopic (exact) mass is 880 g/mol. The highest BCUT2D eigenvalue weighted by molar-refractivity contribution is 7.27. The highest BCUT2D eigenvalue weighted by atomic mass is 32.1. The topological polar surface area (TPSA) is 8.17 Å². The van der Waals surface area contributed by atoms with E-state index in [2.05, 4.69) is 228 Å². The molecule has 0 unspecified atom stereocenters. The lowest BCUT2D eigenvalue weighted by Gasteiger charge is -2.28. The van der Waals surface area contributed by atoms with Gasteiger partial charge in [-0.3, -0.25) is 0 Å². The first-order valence-electron chi connectivity index (χ1n) is 22.0. The van der Waals surface area contributed by atoms with Crippen LogP contribution in [-0.4, -0.2) is 4.57 Å². The van der Waals surface area contributed by atoms with Gasteiger partial charge in [-0.2, -0.15) is 0 Å². The summed E-state index contributed by atoms with van der Waals surface area (Å²) in [6.07, 6.45) is 0. The van der Waals surface area contributed by atoms with Gasteiger partial charge >= 0.3 is 0 Å². The molecule has 4 heterocycles. The number of anilines is 3. The van der Waals surface area contributed by atoms with Gasteiger partial charge in [-0.15, -0.1) is 34.0 Å². The van der Waals surface area contributed by atoms with E-state index in [0.29, 0.717) is 0 Å². The van der Waals surface area contributed by atoms with Gasteiger partial charge in [0.05, 0.1) is 31.8 Å². The minimum atomic E-state index is 1.12. The van der Waals surface area contributed by atoms with Crippen molar-refractivity contribution in [3.8, 4) is 27.9 Å². The molecule has 14 rings (SSSR count). The number of fused-ring (bicyclic) bond motifs is 12. The third-order valence-corrected chi connectivity index (χ3v) is 16.7. The summed E-state index contributed by atoms with van der Waals surface area (Å²) in [4.78, 5) is 2.56. The van der Waals surface area contributed by atoms with Crippen molar-refractivity contribution in [3.05, 3.63) is 218 Å². The number of para-hydroxylation sites is 2. The summed E-state index contributed by atoms with van der Waals surface area (Å²) in [5.41, 5.74) is 11.7. The Kier molecular flexibility index (Phi) is 8.23. The van der Waals surface area contributed by atoms with Crippen molar-refractivity contribution in [2.24, 2.45) is 0 Å². The third kappa shape index (κ3) is 5.76. The Morgan fingerprint density at radius 2 is 0.785 bits per heavy atom. The van der Waals surface area contributed by atoms with Crippen LogP contribution in [0.15, 0.2) is 218 Å². The molecule has 0 N–H and O–H groups in total. The van der Waals surface area contributed by atoms with Crippen LogP contribution in [0, 0.1) is 0 Å². The van der Waals surface area contributed by atoms with Gasteiger partial charge < -0.3 is 9.47 Å². The Morgan fingerprint density at radius 1 is 0.292 bits per heavy atom. The number of rotatable bonds is 6. The van der Waals surface area contributed by atoms with Crippen molar-refractivity contribution in [2.45, 2.75) is 0 Å². The minimum Gasteiger partial charge on any atom is -0.309 e. The molecule has 304 valence electrons. The SMILES string of the molecule is c1ccc(-n2c3ccccc3c3ccc(-c4cc(-c5ccc6sc7ccccc7c6c5)cc(N(c5cccc6c5sc5ccccc56)c5cccc6c5sc5ccccc56)c4)cc32)cc1. The lowest BCUT2D eigenvalue weighted by molar-refractivity contribution is 1.18. The van der Waals surface area contributed by atoms with Gasteiger partial charge in [0.15, 0.2) is 0 Å². The average Bonchev–Trinajstić information content (AvgIpc) is 4.13. The first-order valence-corrected chi connectivity index (χ1v) is 24.4. The van der Waals surface area contributed by atoms with Crippen LogP contribution in [0.4, 0.5) is 17.1 Å². The lowest BCUT2D eigenvalue weighted by atomic mass is 9.95. The largest absolute Gasteiger partial charge is 0.309 e. The molecule has 0 saturated carbocycles. The smallest absolute Gasteiger partial charge is 0.0640 e. The molecule has 0 radical (unpaired) electrons. The number of hydrogen-bond acceptors (Lipinski definition) is 4. The maximum atomic E-state index is 2.56. The van der Waals surface area contributed by atoms with Crippen LogP contribution in [0.25, 0.3) is 110 Å². The molecule has 0 atom stereocenters. The van der Waals surface area contributed by atoms with Crippen LogP contribution < -0.4 is 4.90 Å². The van der Waals surface area contributed by atoms with E-state index < -0.39 is 0 Å². The molecule has 0 spiro atoms. The number of nitrogens with zero attached hydrogens (tertiary/aromatic N) is 2. The molecule has 5 heteroatoms. The minimum absolute atomic E-state index is 1.12. The van der Waals surface area contributed by atoms with Gasteiger partial charge in [0, 0.05) is 73.3 Å². The molecule has 0 aliphatic rings. The molecular weight excluding hydrogens is 845 g/mol. The Balaban J connectivity index is 1.08. The van der Waals surface area contributed by atoms with Crippen LogP contribution >= 0.6 is 34.0 Å². The predicted molar refractivity (Wildman–Crippen MR) is 285 cm³/mol. The van der Waals surface area contributed by atoms with E-state index in [1.54, 1.807) is 0 Å². The average molecular weight is 881 g/mol. The Morgan fingerprint density at radius 3 is 1.45 bits per heavy atom. The summed E-state index contributed by atoms with van der Waals surface area (Å²) in [6.45, 7) is 0. The van der Waals surface area contributed by atoms with Crippen molar-refractivity contribution in [1.82, 2.24) is 4.57 Å². The zero-order valence-electron chi connectivity index (χ0n) is 34.9. The Hall–Kier alpha value is -7.54. The fourth-order valence-electron chi connectivity index (χ4n) is 10.2. The van der Waals surface area contributed by atoms with Crippen molar-refractivity contribution in [3.63, 3.8) is 0 Å². The van der Waals surface area contributed by atoms with Crippen LogP contribution in [0.3, 0.4) is 0 Å². The molecule has 65 heavy (non-hydrogen) atoms. The van der Waals surface area contributed by atoms with Crippen molar-refractivity contribution in [1.29, 1.82) is 0 Å². The van der Waals surface area contributed by atoms with Gasteiger partial charge in [0.1, 0.15) is 0 Å². The zero-order valence-corrected chi connectivity index (χ0v) is 37.4. The van der Waals surface area contributed by atoms with E-state index in [4.69, 9.17) is 0 Å². The second kappa shape index (κ2) is 14.5. The molecular formula is C60H36N2S3. The number of thiophene rings is 3. The van der Waals surface area contributed by atoms with Gasteiger partial charge in [0.25, 0.3) is 0 Å². The Bertz CT molecular complexity index is 4090. The maximum absolute atomic E-state index is 2.56. The van der Waals surface area contributed by atoms with Crippen LogP contribution in [0.1, 0.15) is 0 Å². The lowest BCUT2D eigenvalue weighted by Crippen LogP contribution is -2.10. The standard InChI is InChI=1S/C60H36N2S3/c1-2-14-41(15-3-1)61-51-22-8-4-16-43(51)44-30-28-38(36-54(44)61)40-32-39(37-29-31-58-50(35-37)47-19-7-9-25-55(47)63-58)33-42(34-40)62(52-23-12-20-48-45-17-5-10-26-56(45)64-59(48)52)53-24-13-21-49-46-18-6-11-27-57(46)65-60(49)53/h1-36H. The predicted octanol–water partition coefficient (Wildman–Crippen LogP) is 18.7. The van der Waals surface area contributed by atoms with Gasteiger partial charge in [-0.05, 0) is 107 Å². The summed E-state index contributed by atoms with van der Waals surface area (Å²) in [7, 11) is 0. The number of benzene rings is 10. The summed E-state index contributed by atoms with van der Waals surface area (Å²) in [5, 5.41) is 10.2. The highest BCUT2D eigenvalue weighted by Crippen LogP contribution is 2.50. The molecule has 0 saturated heterocycles. The molecule has 2 nitrogen and oxygen atoms in total. The zero-order chi connectivity index (χ0) is 42.6. The van der Waals surface area contributed by atoms with Crippen molar-refractivity contribution >= 4 is 133 Å². The number of hydrogen-bond donors (Lipinski definition) is 0. The maximum Gasteiger partial charge on any atom is 0.0640 e. The van der Waals surface area contributed by atoms with Gasteiger partial charge in [0.2, 0.25) is 0 Å². The first-order chi connectivity index (χ1) is 32.2. The molecule has 0 bridgehead atoms. The first kappa shape index (κ1) is 36.9. The molecule has 0 amide bonds. The van der Waals surface area contributed by atoms with Crippen LogP contribution in [0.5, 0.6) is 0 Å². The summed E-state index contributed by atoms with van der Waals surface area (Å²) in [6, 6.07) is 81.2. The molecule has 10 aromatic carbocycles. The second-order valence-corrected chi connectivity index (χ2v) is 20.0. The van der Waals surface area contributed by atoms with Gasteiger partial charge in [-0.25, -0.2) is 0 Å². The normalized spacial score (nSPS) is 12.0. The molecule has 14 aromatic rings. The fraction of sp³-hybridized carbons (Fsp3) is 0. The van der Waals surface area contributed by atoms with E-state index in [-0.39, 0.29) is 0 Å². The van der Waals surface area contributed by atoms with E-state index in [1.165, 1.54) is 110 Å². The van der Waals surface area contributed by atoms with E-state index in [0.717, 1.165) is 16.9 Å². The second-order valence-electron chi connectivity index (χ2n) is 16.8. The van der Waals surface area contributed by atoms with Crippen LogP contribution in [-0.2, 0) is 0 Å². The molecule has 0 aliphatic heterocycles. The summed E-state index contributed by atoms with van der Waals surface area (Å²) >= 11 is 5.64. The number of aromatic nitrogens is 1. The third-order valence-electron chi connectivity index (χ3n) is 13.2. The summed E-state index contributed by atoms with van der Waals surface area (Å²) < 4.78 is 10.2. The Labute approximate surface area is 386 Å². The van der Waals surface area contributed by atoms with E-state index >= 15 is 0 Å². The summed E-state index contributed by atoms with van der Waals surface area (Å²) in [5.74, 6) is 0. The van der Waals surface area contributed by atoms with E-state index in [9.17, 15) is 0 Å². The molecule has 0 aliphatic carbocycles. The van der Waals surface area contributed by atoms with Crippen LogP contribution in [0.2, 0.25) is 0 Å². The van der Waals surface area contributed by atoms with Crippen molar-refractivity contribution in [2.75, 3.05) is 4.90 Å². The van der Waals surface area contributed by atoms with E-state index in [1.807, 2.05) is 34.0 Å². The molecule has 0 fully saturated rings.